The highest BCUT2D eigenvalue weighted by molar-refractivity contribution is 5.92. The lowest BCUT2D eigenvalue weighted by atomic mass is 9.87. The summed E-state index contributed by atoms with van der Waals surface area (Å²) >= 11 is 0. The number of alkyl halides is 3. The van der Waals surface area contributed by atoms with Crippen LogP contribution < -0.4 is 5.32 Å². The second-order valence-corrected chi connectivity index (χ2v) is 10.1. The summed E-state index contributed by atoms with van der Waals surface area (Å²) in [6, 6.07) is 7.64. The van der Waals surface area contributed by atoms with Crippen molar-refractivity contribution < 1.29 is 32.2 Å². The first-order valence-electron chi connectivity index (χ1n) is 11.9. The van der Waals surface area contributed by atoms with Crippen molar-refractivity contribution in [1.82, 2.24) is 15.1 Å². The first-order chi connectivity index (χ1) is 16.8. The number of carbonyl (C=O) groups is 2. The van der Waals surface area contributed by atoms with E-state index in [1.165, 1.54) is 4.90 Å². The monoisotopic (exact) mass is 510 g/mol. The number of methoxy groups -OCH3 is 1. The molecule has 8 nitrogen and oxygen atoms in total. The highest BCUT2D eigenvalue weighted by Gasteiger charge is 2.35. The van der Waals surface area contributed by atoms with E-state index in [4.69, 9.17) is 9.47 Å². The van der Waals surface area contributed by atoms with Gasteiger partial charge in [-0.05, 0) is 70.1 Å². The van der Waals surface area contributed by atoms with Gasteiger partial charge in [0.2, 0.25) is 0 Å². The fraction of sp³-hybridized carbons (Fsp3) is 0.560. The van der Waals surface area contributed by atoms with Gasteiger partial charge in [-0.15, -0.1) is 0 Å². The topological polar surface area (TPSA) is 96.5 Å². The lowest BCUT2D eigenvalue weighted by molar-refractivity contribution is -0.141. The maximum Gasteiger partial charge on any atom is 0.432 e. The molecule has 0 spiro atoms. The SMILES string of the molecule is COC1CCC(CN(Cc2cccc(NC(=O)OC(C)(C)C)c2)C(=O)c2cc(C(F)(F)F)[nH]n2)CC1. The van der Waals surface area contributed by atoms with E-state index in [0.717, 1.165) is 31.7 Å². The van der Waals surface area contributed by atoms with Crippen molar-refractivity contribution >= 4 is 17.7 Å². The number of carbonyl (C=O) groups excluding carboxylic acids is 2. The summed E-state index contributed by atoms with van der Waals surface area (Å²) in [6.45, 7) is 5.78. The summed E-state index contributed by atoms with van der Waals surface area (Å²) in [6.07, 6.45) is -1.65. The fourth-order valence-electron chi connectivity index (χ4n) is 4.21. The Hall–Kier alpha value is -3.08. The van der Waals surface area contributed by atoms with Gasteiger partial charge < -0.3 is 14.4 Å². The number of hydrogen-bond donors (Lipinski definition) is 2. The van der Waals surface area contributed by atoms with Crippen LogP contribution in [0, 0.1) is 5.92 Å². The molecule has 1 aromatic carbocycles. The maximum atomic E-state index is 13.3. The molecule has 1 saturated carbocycles. The van der Waals surface area contributed by atoms with Crippen molar-refractivity contribution in [1.29, 1.82) is 0 Å². The van der Waals surface area contributed by atoms with Gasteiger partial charge in [-0.3, -0.25) is 15.2 Å². The van der Waals surface area contributed by atoms with Crippen LogP contribution in [0.3, 0.4) is 0 Å². The molecule has 1 fully saturated rings. The molecule has 2 amide bonds. The number of rotatable bonds is 7. The number of benzene rings is 1. The van der Waals surface area contributed by atoms with Crippen molar-refractivity contribution in [2.45, 2.75) is 70.9 Å². The predicted octanol–water partition coefficient (Wildman–Crippen LogP) is 5.62. The van der Waals surface area contributed by atoms with Crippen LogP contribution in [0.25, 0.3) is 0 Å². The van der Waals surface area contributed by atoms with Crippen molar-refractivity contribution in [3.05, 3.63) is 47.3 Å². The minimum absolute atomic E-state index is 0.140. The zero-order valence-corrected chi connectivity index (χ0v) is 20.9. The summed E-state index contributed by atoms with van der Waals surface area (Å²) in [7, 11) is 1.68. The number of nitrogens with zero attached hydrogens (tertiary/aromatic N) is 2. The fourth-order valence-corrected chi connectivity index (χ4v) is 4.21. The van der Waals surface area contributed by atoms with Crippen molar-refractivity contribution in [2.24, 2.45) is 5.92 Å². The van der Waals surface area contributed by atoms with Gasteiger partial charge in [0.1, 0.15) is 11.3 Å². The van der Waals surface area contributed by atoms with Crippen LogP contribution in [-0.2, 0) is 22.2 Å². The largest absolute Gasteiger partial charge is 0.444 e. The van der Waals surface area contributed by atoms with E-state index < -0.39 is 29.5 Å². The molecule has 0 aliphatic heterocycles. The lowest BCUT2D eigenvalue weighted by Gasteiger charge is -2.32. The molecule has 2 aromatic rings. The summed E-state index contributed by atoms with van der Waals surface area (Å²) in [5.41, 5.74) is -0.847. The Kier molecular flexibility index (Phi) is 8.65. The van der Waals surface area contributed by atoms with Crippen LogP contribution in [0.1, 0.15) is 68.2 Å². The van der Waals surface area contributed by atoms with Gasteiger partial charge >= 0.3 is 12.3 Å². The maximum absolute atomic E-state index is 13.3. The van der Waals surface area contributed by atoms with Crippen LogP contribution in [0.2, 0.25) is 0 Å². The van der Waals surface area contributed by atoms with Crippen LogP contribution >= 0.6 is 0 Å². The van der Waals surface area contributed by atoms with E-state index in [2.05, 4.69) is 10.4 Å². The quantitative estimate of drug-likeness (QED) is 0.504. The number of H-pyrrole nitrogens is 1. The third-order valence-corrected chi connectivity index (χ3v) is 5.94. The number of ether oxygens (including phenoxy) is 2. The molecular weight excluding hydrogens is 477 g/mol. The number of amides is 2. The molecule has 0 unspecified atom stereocenters. The highest BCUT2D eigenvalue weighted by Crippen LogP contribution is 2.30. The minimum Gasteiger partial charge on any atom is -0.444 e. The summed E-state index contributed by atoms with van der Waals surface area (Å²) < 4.78 is 49.9. The number of aromatic amines is 1. The Labute approximate surface area is 208 Å². The molecular formula is C25H33F3N4O4. The number of nitrogens with one attached hydrogen (secondary N) is 2. The normalized spacial score (nSPS) is 18.5. The summed E-state index contributed by atoms with van der Waals surface area (Å²) in [4.78, 5) is 26.9. The Balaban J connectivity index is 1.78. The molecule has 2 N–H and O–H groups in total. The van der Waals surface area contributed by atoms with Gasteiger partial charge in [0.25, 0.3) is 5.91 Å². The van der Waals surface area contributed by atoms with E-state index in [1.54, 1.807) is 52.1 Å². The third kappa shape index (κ3) is 7.97. The highest BCUT2D eigenvalue weighted by atomic mass is 19.4. The number of hydrogen-bond acceptors (Lipinski definition) is 5. The van der Waals surface area contributed by atoms with Gasteiger partial charge in [0, 0.05) is 32.0 Å². The van der Waals surface area contributed by atoms with E-state index in [-0.39, 0.29) is 24.3 Å². The second kappa shape index (κ2) is 11.3. The minimum atomic E-state index is -4.63. The van der Waals surface area contributed by atoms with E-state index in [1.807, 2.05) is 5.10 Å². The zero-order chi connectivity index (χ0) is 26.5. The van der Waals surface area contributed by atoms with Crippen LogP contribution in [0.15, 0.2) is 30.3 Å². The van der Waals surface area contributed by atoms with Crippen LogP contribution in [-0.4, -0.2) is 52.5 Å². The average molecular weight is 511 g/mol. The average Bonchev–Trinajstić information content (AvgIpc) is 3.28. The van der Waals surface area contributed by atoms with E-state index in [0.29, 0.717) is 17.8 Å². The van der Waals surface area contributed by atoms with Gasteiger partial charge in [-0.25, -0.2) is 4.79 Å². The van der Waals surface area contributed by atoms with Crippen molar-refractivity contribution in [2.75, 3.05) is 19.0 Å². The molecule has 0 atom stereocenters. The van der Waals surface area contributed by atoms with Gasteiger partial charge in [-0.1, -0.05) is 12.1 Å². The molecule has 1 heterocycles. The van der Waals surface area contributed by atoms with Gasteiger partial charge in [0.15, 0.2) is 5.69 Å². The predicted molar refractivity (Wildman–Crippen MR) is 127 cm³/mol. The van der Waals surface area contributed by atoms with Crippen molar-refractivity contribution in [3.63, 3.8) is 0 Å². The van der Waals surface area contributed by atoms with Gasteiger partial charge in [0.05, 0.1) is 6.10 Å². The second-order valence-electron chi connectivity index (χ2n) is 10.1. The Morgan fingerprint density at radius 3 is 2.42 bits per heavy atom. The lowest BCUT2D eigenvalue weighted by Crippen LogP contribution is -2.37. The Morgan fingerprint density at radius 1 is 1.14 bits per heavy atom. The molecule has 198 valence electrons. The standard InChI is InChI=1S/C25H33F3N4O4/c1-24(2,3)36-23(34)29-18-7-5-6-17(12-18)15-32(14-16-8-10-19(35-4)11-9-16)22(33)20-13-21(31-30-20)25(26,27)28/h5-7,12-13,16,19H,8-11,14-15H2,1-4H3,(H,29,34)(H,30,31). The molecule has 3 rings (SSSR count). The molecule has 36 heavy (non-hydrogen) atoms. The molecule has 1 aromatic heterocycles. The molecule has 0 radical (unpaired) electrons. The van der Waals surface area contributed by atoms with Crippen LogP contribution in [0.4, 0.5) is 23.7 Å². The van der Waals surface area contributed by atoms with Crippen LogP contribution in [0.5, 0.6) is 0 Å². The Bertz CT molecular complexity index is 1040. The first kappa shape index (κ1) is 27.5. The van der Waals surface area contributed by atoms with E-state index >= 15 is 0 Å². The number of anilines is 1. The van der Waals surface area contributed by atoms with Gasteiger partial charge in [-0.2, -0.15) is 18.3 Å². The number of halogens is 3. The number of aromatic nitrogens is 2. The molecule has 0 bridgehead atoms. The van der Waals surface area contributed by atoms with E-state index in [9.17, 15) is 22.8 Å². The molecule has 1 aliphatic carbocycles. The molecule has 1 aliphatic rings. The summed E-state index contributed by atoms with van der Waals surface area (Å²) in [5.74, 6) is -0.412. The zero-order valence-electron chi connectivity index (χ0n) is 20.9. The first-order valence-corrected chi connectivity index (χ1v) is 11.9. The molecule has 0 saturated heterocycles. The molecule has 11 heteroatoms. The Morgan fingerprint density at radius 2 is 1.83 bits per heavy atom. The van der Waals surface area contributed by atoms with Crippen molar-refractivity contribution in [3.8, 4) is 0 Å². The smallest absolute Gasteiger partial charge is 0.432 e. The summed E-state index contributed by atoms with van der Waals surface area (Å²) in [5, 5.41) is 8.20. The third-order valence-electron chi connectivity index (χ3n) is 5.94.